The molecule has 184 valence electrons. The number of rotatable bonds is 8. The van der Waals surface area contributed by atoms with Gasteiger partial charge < -0.3 is 14.4 Å². The van der Waals surface area contributed by atoms with E-state index in [0.29, 0.717) is 29.1 Å². The fraction of sp³-hybridized carbons (Fsp3) is 0.179. The van der Waals surface area contributed by atoms with Crippen molar-refractivity contribution in [1.82, 2.24) is 5.16 Å². The summed E-state index contributed by atoms with van der Waals surface area (Å²) in [5.41, 5.74) is 4.71. The van der Waals surface area contributed by atoms with Crippen LogP contribution in [0.15, 0.2) is 77.3 Å². The summed E-state index contributed by atoms with van der Waals surface area (Å²) in [7, 11) is 0. The number of halogens is 1. The van der Waals surface area contributed by atoms with Crippen molar-refractivity contribution in [3.05, 3.63) is 107 Å². The molecule has 0 spiro atoms. The zero-order valence-electron chi connectivity index (χ0n) is 19.8. The molecule has 8 heteroatoms. The molecule has 0 bridgehead atoms. The molecule has 7 nitrogen and oxygen atoms in total. The molecular formula is C28H25FN2O5. The number of ether oxygens (including phenoxy) is 1. The third-order valence-electron chi connectivity index (χ3n) is 5.72. The molecule has 2 N–H and O–H groups in total. The number of carboxylic acid groups (broad SMARTS) is 1. The summed E-state index contributed by atoms with van der Waals surface area (Å²) in [6.45, 7) is 3.29. The zero-order valence-corrected chi connectivity index (χ0v) is 19.8. The quantitative estimate of drug-likeness (QED) is 0.301. The second kappa shape index (κ2) is 10.9. The van der Waals surface area contributed by atoms with E-state index < -0.39 is 24.0 Å². The number of aromatic nitrogens is 1. The number of hydrogen-bond donors (Lipinski definition) is 2. The van der Waals surface area contributed by atoms with Crippen LogP contribution in [0.25, 0.3) is 11.3 Å². The van der Waals surface area contributed by atoms with Crippen LogP contribution in [0.1, 0.15) is 41.0 Å². The SMILES string of the molecule is Cc1noc(-c2ccc(Cc3ccc(CC(=O)O)cc3)cc2)c1NC(=O)O[C@H](C)c1ccccc1F. The Bertz CT molecular complexity index is 1360. The standard InChI is InChI=1S/C28H25FN2O5/c1-17-26(30-28(34)35-18(2)23-5-3-4-6-24(23)29)27(36-31-17)22-13-11-20(12-14-22)15-19-7-9-21(10-8-19)16-25(32)33/h3-14,18H,15-16H2,1-2H3,(H,30,34)(H,32,33)/t18-/m1/s1. The Morgan fingerprint density at radius 2 is 1.61 bits per heavy atom. The van der Waals surface area contributed by atoms with Crippen molar-refractivity contribution in [3.63, 3.8) is 0 Å². The lowest BCUT2D eigenvalue weighted by molar-refractivity contribution is -0.136. The lowest BCUT2D eigenvalue weighted by atomic mass is 10.0. The summed E-state index contributed by atoms with van der Waals surface area (Å²) in [4.78, 5) is 23.4. The molecule has 1 atom stereocenters. The Hall–Kier alpha value is -4.46. The minimum atomic E-state index is -0.859. The second-order valence-electron chi connectivity index (χ2n) is 8.43. The van der Waals surface area contributed by atoms with Crippen molar-refractivity contribution >= 4 is 17.7 Å². The fourth-order valence-electron chi connectivity index (χ4n) is 3.83. The van der Waals surface area contributed by atoms with Crippen LogP contribution >= 0.6 is 0 Å². The monoisotopic (exact) mass is 488 g/mol. The number of benzene rings is 3. The first kappa shape index (κ1) is 24.7. The molecule has 0 aliphatic heterocycles. The highest BCUT2D eigenvalue weighted by atomic mass is 19.1. The maximum atomic E-state index is 14.0. The van der Waals surface area contributed by atoms with Gasteiger partial charge in [-0.3, -0.25) is 10.1 Å². The predicted octanol–water partition coefficient (Wildman–Crippen LogP) is 6.32. The van der Waals surface area contributed by atoms with Crippen molar-refractivity contribution in [3.8, 4) is 11.3 Å². The average molecular weight is 489 g/mol. The number of aryl methyl sites for hydroxylation is 1. The Labute approximate surface area is 207 Å². The lowest BCUT2D eigenvalue weighted by Crippen LogP contribution is -2.17. The van der Waals surface area contributed by atoms with Crippen molar-refractivity contribution in [2.45, 2.75) is 32.8 Å². The van der Waals surface area contributed by atoms with Crippen LogP contribution in [0.5, 0.6) is 0 Å². The number of nitrogens with one attached hydrogen (secondary N) is 1. The molecule has 0 aliphatic rings. The van der Waals surface area contributed by atoms with Gasteiger partial charge in [-0.1, -0.05) is 71.9 Å². The van der Waals surface area contributed by atoms with Crippen molar-refractivity contribution in [2.24, 2.45) is 0 Å². The molecule has 3 aromatic carbocycles. The summed E-state index contributed by atoms with van der Waals surface area (Å²) < 4.78 is 24.8. The number of carboxylic acids is 1. The van der Waals surface area contributed by atoms with E-state index in [2.05, 4.69) is 10.5 Å². The number of nitrogens with zero attached hydrogens (tertiary/aromatic N) is 1. The maximum absolute atomic E-state index is 14.0. The fourth-order valence-corrected chi connectivity index (χ4v) is 3.83. The van der Waals surface area contributed by atoms with Crippen molar-refractivity contribution in [1.29, 1.82) is 0 Å². The van der Waals surface area contributed by atoms with Gasteiger partial charge in [0.2, 0.25) is 0 Å². The first-order chi connectivity index (χ1) is 17.3. The molecule has 1 amide bonds. The first-order valence-electron chi connectivity index (χ1n) is 11.4. The number of carbonyl (C=O) groups is 2. The van der Waals surface area contributed by atoms with Gasteiger partial charge in [-0.25, -0.2) is 9.18 Å². The molecule has 0 aliphatic carbocycles. The van der Waals surface area contributed by atoms with E-state index in [1.165, 1.54) is 6.07 Å². The van der Waals surface area contributed by atoms with Gasteiger partial charge in [0, 0.05) is 11.1 Å². The summed E-state index contributed by atoms with van der Waals surface area (Å²) in [6, 6.07) is 21.2. The van der Waals surface area contributed by atoms with Crippen LogP contribution in [0.2, 0.25) is 0 Å². The summed E-state index contributed by atoms with van der Waals surface area (Å²) in [5, 5.41) is 15.5. The summed E-state index contributed by atoms with van der Waals surface area (Å²) >= 11 is 0. The molecule has 0 radical (unpaired) electrons. The van der Waals surface area contributed by atoms with Crippen LogP contribution in [0.4, 0.5) is 14.9 Å². The maximum Gasteiger partial charge on any atom is 0.412 e. The summed E-state index contributed by atoms with van der Waals surface area (Å²) in [6.07, 6.45) is -0.861. The molecule has 4 rings (SSSR count). The Kier molecular flexibility index (Phi) is 7.44. The number of hydrogen-bond acceptors (Lipinski definition) is 5. The minimum Gasteiger partial charge on any atom is -0.481 e. The number of anilines is 1. The Balaban J connectivity index is 1.43. The van der Waals surface area contributed by atoms with Crippen LogP contribution in [-0.4, -0.2) is 22.3 Å². The molecule has 1 heterocycles. The molecule has 0 fully saturated rings. The number of amides is 1. The van der Waals surface area contributed by atoms with E-state index in [-0.39, 0.29) is 12.0 Å². The van der Waals surface area contributed by atoms with Crippen LogP contribution in [0, 0.1) is 12.7 Å². The zero-order chi connectivity index (χ0) is 25.7. The van der Waals surface area contributed by atoms with E-state index in [4.69, 9.17) is 14.4 Å². The molecular weight excluding hydrogens is 463 g/mol. The highest BCUT2D eigenvalue weighted by Gasteiger charge is 2.21. The largest absolute Gasteiger partial charge is 0.481 e. The van der Waals surface area contributed by atoms with Crippen LogP contribution in [0.3, 0.4) is 0 Å². The number of aliphatic carboxylic acids is 1. The molecule has 0 unspecified atom stereocenters. The highest BCUT2D eigenvalue weighted by molar-refractivity contribution is 5.90. The molecule has 36 heavy (non-hydrogen) atoms. The van der Waals surface area contributed by atoms with Gasteiger partial charge in [-0.05, 0) is 43.0 Å². The topological polar surface area (TPSA) is 102 Å². The van der Waals surface area contributed by atoms with Crippen molar-refractivity contribution < 1.29 is 28.3 Å². The third-order valence-corrected chi connectivity index (χ3v) is 5.72. The van der Waals surface area contributed by atoms with Crippen molar-refractivity contribution in [2.75, 3.05) is 5.32 Å². The normalized spacial score (nSPS) is 11.6. The van der Waals surface area contributed by atoms with Gasteiger partial charge >= 0.3 is 12.1 Å². The van der Waals surface area contributed by atoms with Gasteiger partial charge in [0.15, 0.2) is 5.76 Å². The number of carbonyl (C=O) groups excluding carboxylic acids is 1. The van der Waals surface area contributed by atoms with Gasteiger partial charge in [-0.2, -0.15) is 0 Å². The minimum absolute atomic E-state index is 0.00244. The average Bonchev–Trinajstić information content (AvgIpc) is 3.20. The van der Waals surface area contributed by atoms with Gasteiger partial charge in [0.05, 0.1) is 6.42 Å². The Morgan fingerprint density at radius 1 is 1.00 bits per heavy atom. The Morgan fingerprint density at radius 3 is 2.25 bits per heavy atom. The van der Waals surface area contributed by atoms with Gasteiger partial charge in [0.1, 0.15) is 23.3 Å². The van der Waals surface area contributed by atoms with E-state index in [1.54, 1.807) is 32.0 Å². The molecule has 4 aromatic rings. The predicted molar refractivity (Wildman–Crippen MR) is 132 cm³/mol. The van der Waals surface area contributed by atoms with E-state index in [1.807, 2.05) is 48.5 Å². The molecule has 0 saturated heterocycles. The van der Waals surface area contributed by atoms with Crippen LogP contribution < -0.4 is 5.32 Å². The van der Waals surface area contributed by atoms with E-state index >= 15 is 0 Å². The van der Waals surface area contributed by atoms with E-state index in [9.17, 15) is 14.0 Å². The van der Waals surface area contributed by atoms with Gasteiger partial charge in [-0.15, -0.1) is 0 Å². The molecule has 0 saturated carbocycles. The second-order valence-corrected chi connectivity index (χ2v) is 8.43. The lowest BCUT2D eigenvalue weighted by Gasteiger charge is -2.15. The van der Waals surface area contributed by atoms with Crippen LogP contribution in [-0.2, 0) is 22.4 Å². The molecule has 1 aromatic heterocycles. The first-order valence-corrected chi connectivity index (χ1v) is 11.4. The highest BCUT2D eigenvalue weighted by Crippen LogP contribution is 2.32. The van der Waals surface area contributed by atoms with E-state index in [0.717, 1.165) is 16.7 Å². The summed E-state index contributed by atoms with van der Waals surface area (Å²) in [5.74, 6) is -0.925. The smallest absolute Gasteiger partial charge is 0.412 e. The van der Waals surface area contributed by atoms with Gasteiger partial charge in [0.25, 0.3) is 0 Å². The third kappa shape index (κ3) is 5.96.